The molecule has 4 N–H and O–H groups in total. The SMILES string of the molecule is Nc1c(Cl)cccc1C(=O)NCc1ccn[nH]1. The number of nitrogen functional groups attached to an aromatic ring is 1. The second-order valence-corrected chi connectivity index (χ2v) is 3.87. The molecule has 1 amide bonds. The molecule has 0 saturated heterocycles. The molecule has 0 fully saturated rings. The van der Waals surface area contributed by atoms with Crippen LogP contribution in [0.4, 0.5) is 5.69 Å². The Balaban J connectivity index is 2.07. The number of nitrogens with one attached hydrogen (secondary N) is 2. The summed E-state index contributed by atoms with van der Waals surface area (Å²) in [5, 5.41) is 9.63. The molecule has 0 saturated carbocycles. The van der Waals surface area contributed by atoms with Crippen LogP contribution in [0.5, 0.6) is 0 Å². The first-order chi connectivity index (χ1) is 8.18. The maximum absolute atomic E-state index is 11.8. The second kappa shape index (κ2) is 4.88. The molecule has 2 rings (SSSR count). The Morgan fingerprint density at radius 3 is 3.00 bits per heavy atom. The molecule has 0 atom stereocenters. The van der Waals surface area contributed by atoms with Crippen LogP contribution >= 0.6 is 11.6 Å². The quantitative estimate of drug-likeness (QED) is 0.723. The van der Waals surface area contributed by atoms with Gasteiger partial charge in [-0.05, 0) is 18.2 Å². The number of anilines is 1. The third kappa shape index (κ3) is 2.57. The lowest BCUT2D eigenvalue weighted by atomic mass is 10.1. The van der Waals surface area contributed by atoms with Gasteiger partial charge in [-0.15, -0.1) is 0 Å². The lowest BCUT2D eigenvalue weighted by Gasteiger charge is -2.07. The van der Waals surface area contributed by atoms with Crippen molar-refractivity contribution in [2.45, 2.75) is 6.54 Å². The van der Waals surface area contributed by atoms with Crippen molar-refractivity contribution in [2.24, 2.45) is 0 Å². The molecule has 17 heavy (non-hydrogen) atoms. The van der Waals surface area contributed by atoms with Gasteiger partial charge in [0.25, 0.3) is 5.91 Å². The molecule has 5 nitrogen and oxygen atoms in total. The molecular formula is C11H11ClN4O. The van der Waals surface area contributed by atoms with E-state index < -0.39 is 0 Å². The molecule has 0 aliphatic heterocycles. The summed E-state index contributed by atoms with van der Waals surface area (Å²) in [6.07, 6.45) is 1.62. The summed E-state index contributed by atoms with van der Waals surface area (Å²) in [7, 11) is 0. The average Bonchev–Trinajstić information content (AvgIpc) is 2.82. The number of carbonyl (C=O) groups is 1. The van der Waals surface area contributed by atoms with Crippen LogP contribution < -0.4 is 11.1 Å². The summed E-state index contributed by atoms with van der Waals surface area (Å²) in [6.45, 7) is 0.366. The summed E-state index contributed by atoms with van der Waals surface area (Å²) in [5.41, 5.74) is 7.20. The van der Waals surface area contributed by atoms with Crippen molar-refractivity contribution < 1.29 is 4.79 Å². The first-order valence-corrected chi connectivity index (χ1v) is 5.36. The zero-order chi connectivity index (χ0) is 12.3. The van der Waals surface area contributed by atoms with Gasteiger partial charge in [-0.1, -0.05) is 17.7 Å². The number of hydrogen-bond donors (Lipinski definition) is 3. The maximum Gasteiger partial charge on any atom is 0.253 e. The third-order valence-electron chi connectivity index (χ3n) is 2.30. The van der Waals surface area contributed by atoms with Gasteiger partial charge in [-0.2, -0.15) is 5.10 Å². The molecule has 0 spiro atoms. The molecule has 2 aromatic rings. The van der Waals surface area contributed by atoms with E-state index >= 15 is 0 Å². The van der Waals surface area contributed by atoms with Gasteiger partial charge >= 0.3 is 0 Å². The number of para-hydroxylation sites is 1. The molecular weight excluding hydrogens is 240 g/mol. The number of nitrogens with two attached hydrogens (primary N) is 1. The highest BCUT2D eigenvalue weighted by Crippen LogP contribution is 2.22. The van der Waals surface area contributed by atoms with Crippen LogP contribution in [0.25, 0.3) is 0 Å². The van der Waals surface area contributed by atoms with Gasteiger partial charge in [0.15, 0.2) is 0 Å². The van der Waals surface area contributed by atoms with Crippen LogP contribution in [0.1, 0.15) is 16.1 Å². The van der Waals surface area contributed by atoms with Gasteiger partial charge in [0.2, 0.25) is 0 Å². The largest absolute Gasteiger partial charge is 0.397 e. The Bertz CT molecular complexity index is 524. The van der Waals surface area contributed by atoms with Crippen molar-refractivity contribution in [1.82, 2.24) is 15.5 Å². The van der Waals surface area contributed by atoms with E-state index in [1.54, 1.807) is 30.5 Å². The average molecular weight is 251 g/mol. The molecule has 1 aromatic carbocycles. The van der Waals surface area contributed by atoms with Gasteiger partial charge in [-0.3, -0.25) is 9.89 Å². The van der Waals surface area contributed by atoms with Gasteiger partial charge in [0, 0.05) is 6.20 Å². The Morgan fingerprint density at radius 1 is 1.47 bits per heavy atom. The van der Waals surface area contributed by atoms with Crippen molar-refractivity contribution in [1.29, 1.82) is 0 Å². The molecule has 0 bridgehead atoms. The van der Waals surface area contributed by atoms with E-state index in [-0.39, 0.29) is 11.6 Å². The van der Waals surface area contributed by atoms with Crippen molar-refractivity contribution in [3.05, 3.63) is 46.7 Å². The molecule has 1 aromatic heterocycles. The number of nitrogens with zero attached hydrogens (tertiary/aromatic N) is 1. The van der Waals surface area contributed by atoms with E-state index in [4.69, 9.17) is 17.3 Å². The van der Waals surface area contributed by atoms with Crippen molar-refractivity contribution in [3.63, 3.8) is 0 Å². The summed E-state index contributed by atoms with van der Waals surface area (Å²) in [5.74, 6) is -0.264. The predicted molar refractivity (Wildman–Crippen MR) is 65.6 cm³/mol. The highest BCUT2D eigenvalue weighted by atomic mass is 35.5. The molecule has 0 aliphatic rings. The van der Waals surface area contributed by atoms with E-state index in [0.29, 0.717) is 17.1 Å². The number of H-pyrrole nitrogens is 1. The summed E-state index contributed by atoms with van der Waals surface area (Å²) in [6, 6.07) is 6.73. The monoisotopic (exact) mass is 250 g/mol. The zero-order valence-electron chi connectivity index (χ0n) is 8.90. The number of carbonyl (C=O) groups excluding carboxylic acids is 1. The fourth-order valence-electron chi connectivity index (χ4n) is 1.39. The van der Waals surface area contributed by atoms with Crippen LogP contribution in [0.2, 0.25) is 5.02 Å². The Kier molecular flexibility index (Phi) is 3.30. The number of hydrogen-bond acceptors (Lipinski definition) is 3. The standard InChI is InChI=1S/C11H11ClN4O/c12-9-3-1-2-8(10(9)13)11(17)14-6-7-4-5-15-16-7/h1-5H,6,13H2,(H,14,17)(H,15,16). The molecule has 0 aliphatic carbocycles. The lowest BCUT2D eigenvalue weighted by Crippen LogP contribution is -2.24. The minimum Gasteiger partial charge on any atom is -0.397 e. The molecule has 0 radical (unpaired) electrons. The Labute approximate surface area is 103 Å². The fraction of sp³-hybridized carbons (Fsp3) is 0.0909. The topological polar surface area (TPSA) is 83.8 Å². The van der Waals surface area contributed by atoms with Crippen LogP contribution in [0, 0.1) is 0 Å². The van der Waals surface area contributed by atoms with E-state index in [1.807, 2.05) is 0 Å². The molecule has 0 unspecified atom stereocenters. The van der Waals surface area contributed by atoms with Gasteiger partial charge < -0.3 is 11.1 Å². The van der Waals surface area contributed by atoms with Crippen LogP contribution in [-0.2, 0) is 6.54 Å². The molecule has 6 heteroatoms. The van der Waals surface area contributed by atoms with E-state index in [2.05, 4.69) is 15.5 Å². The smallest absolute Gasteiger partial charge is 0.253 e. The highest BCUT2D eigenvalue weighted by molar-refractivity contribution is 6.33. The van der Waals surface area contributed by atoms with E-state index in [0.717, 1.165) is 5.69 Å². The zero-order valence-corrected chi connectivity index (χ0v) is 9.66. The Morgan fingerprint density at radius 2 is 2.29 bits per heavy atom. The molecule has 1 heterocycles. The minimum absolute atomic E-state index is 0.264. The summed E-state index contributed by atoms with van der Waals surface area (Å²) in [4.78, 5) is 11.8. The molecule has 88 valence electrons. The van der Waals surface area contributed by atoms with E-state index in [1.165, 1.54) is 0 Å². The number of amides is 1. The Hall–Kier alpha value is -2.01. The van der Waals surface area contributed by atoms with E-state index in [9.17, 15) is 4.79 Å². The van der Waals surface area contributed by atoms with Crippen molar-refractivity contribution in [2.75, 3.05) is 5.73 Å². The first kappa shape index (κ1) is 11.5. The van der Waals surface area contributed by atoms with Gasteiger partial charge in [0.05, 0.1) is 28.5 Å². The summed E-state index contributed by atoms with van der Waals surface area (Å²) < 4.78 is 0. The van der Waals surface area contributed by atoms with Crippen LogP contribution in [-0.4, -0.2) is 16.1 Å². The predicted octanol–water partition coefficient (Wildman–Crippen LogP) is 1.58. The third-order valence-corrected chi connectivity index (χ3v) is 2.62. The van der Waals surface area contributed by atoms with Crippen LogP contribution in [0.15, 0.2) is 30.5 Å². The maximum atomic E-state index is 11.8. The second-order valence-electron chi connectivity index (χ2n) is 3.47. The lowest BCUT2D eigenvalue weighted by molar-refractivity contribution is 0.0951. The van der Waals surface area contributed by atoms with Gasteiger partial charge in [0.1, 0.15) is 0 Å². The number of halogens is 1. The first-order valence-electron chi connectivity index (χ1n) is 4.99. The summed E-state index contributed by atoms with van der Waals surface area (Å²) >= 11 is 5.84. The number of aromatic amines is 1. The minimum atomic E-state index is -0.264. The van der Waals surface area contributed by atoms with Gasteiger partial charge in [-0.25, -0.2) is 0 Å². The number of aromatic nitrogens is 2. The normalized spacial score (nSPS) is 10.2. The number of benzene rings is 1. The number of rotatable bonds is 3. The van der Waals surface area contributed by atoms with Crippen LogP contribution in [0.3, 0.4) is 0 Å². The van der Waals surface area contributed by atoms with Crippen molar-refractivity contribution in [3.8, 4) is 0 Å². The van der Waals surface area contributed by atoms with Crippen molar-refractivity contribution >= 4 is 23.2 Å². The fourth-order valence-corrected chi connectivity index (χ4v) is 1.56. The highest BCUT2D eigenvalue weighted by Gasteiger charge is 2.11.